The highest BCUT2D eigenvalue weighted by molar-refractivity contribution is 8.00. The third kappa shape index (κ3) is 11.8. The minimum Gasteiger partial charge on any atom is -0.457 e. The van der Waals surface area contributed by atoms with Gasteiger partial charge in [0.1, 0.15) is 28.3 Å². The van der Waals surface area contributed by atoms with Crippen molar-refractivity contribution in [3.8, 4) is 0 Å². The maximum absolute atomic E-state index is 13.8. The summed E-state index contributed by atoms with van der Waals surface area (Å²) in [5.41, 5.74) is 8.68. The van der Waals surface area contributed by atoms with Crippen molar-refractivity contribution < 1.29 is 57.3 Å². The van der Waals surface area contributed by atoms with Crippen molar-refractivity contribution in [2.75, 3.05) is 35.6 Å². The van der Waals surface area contributed by atoms with Gasteiger partial charge in [0.25, 0.3) is 11.8 Å². The number of carbonyl (C=O) groups is 7. The Labute approximate surface area is 347 Å². The summed E-state index contributed by atoms with van der Waals surface area (Å²) < 4.78 is 22.5. The van der Waals surface area contributed by atoms with Crippen LogP contribution in [0.3, 0.4) is 0 Å². The fourth-order valence-electron chi connectivity index (χ4n) is 5.17. The van der Waals surface area contributed by atoms with Crippen LogP contribution in [0.5, 0.6) is 0 Å². The first-order valence-electron chi connectivity index (χ1n) is 17.9. The average Bonchev–Trinajstić information content (AvgIpc) is 3.64. The monoisotopic (exact) mass is 865 g/mol. The standard InChI is InChI=1S/C34H48N12O11S2/c1-16(47)54-27(50)21-17(13-45-14-18(22(35)44(45)10)39-30(52)37-11-12-38-31(53)56-33(5,6)7)15-58-26-20(25(49)46(21)26)40-24(48)19(23-41-29(36)59-43-23)42-57-34(8,9)28(51)55-32(2,3)4/h14,20,26,35H,11-13,15H2,1-10H3,(H6,36,37,38,39,40,41,43,48,52,53)/p+1/b42-19-/t20-,26-/m1/s1. The number of hydrogen-bond acceptors (Lipinski definition) is 18. The molecule has 2 aliphatic heterocycles. The molecule has 1 fully saturated rings. The molecular formula is C34H49N12O11S2+. The first kappa shape index (κ1) is 45.7. The number of amides is 5. The summed E-state index contributed by atoms with van der Waals surface area (Å²) in [5.74, 6) is -4.45. The Kier molecular flexibility index (Phi) is 13.9. The highest BCUT2D eigenvalue weighted by Crippen LogP contribution is 2.41. The van der Waals surface area contributed by atoms with Crippen molar-refractivity contribution in [3.63, 3.8) is 0 Å². The number of nitrogens with one attached hydrogen (secondary N) is 4. The second-order valence-corrected chi connectivity index (χ2v) is 17.4. The van der Waals surface area contributed by atoms with Crippen LogP contribution in [0, 0.1) is 0 Å². The Hall–Kier alpha value is -5.98. The van der Waals surface area contributed by atoms with Gasteiger partial charge in [0.05, 0.1) is 7.05 Å². The van der Waals surface area contributed by atoms with Crippen molar-refractivity contribution in [2.24, 2.45) is 12.2 Å². The number of rotatable bonds is 13. The van der Waals surface area contributed by atoms with E-state index in [1.165, 1.54) is 36.5 Å². The molecular weight excluding hydrogens is 817 g/mol. The van der Waals surface area contributed by atoms with Crippen molar-refractivity contribution in [3.05, 3.63) is 23.3 Å². The fraction of sp³-hybridized carbons (Fsp3) is 0.559. The number of alkyl carbamates (subject to hydrolysis) is 1. The zero-order valence-electron chi connectivity index (χ0n) is 34.2. The van der Waals surface area contributed by atoms with Crippen LogP contribution >= 0.6 is 23.3 Å². The molecule has 0 saturated carbocycles. The number of urea groups is 1. The molecule has 0 aromatic carbocycles. The lowest BCUT2D eigenvalue weighted by atomic mass is 10.0. The molecule has 0 spiro atoms. The Morgan fingerprint density at radius 3 is 2.24 bits per heavy atom. The normalized spacial score (nSPS) is 16.9. The van der Waals surface area contributed by atoms with Gasteiger partial charge in [-0.3, -0.25) is 24.6 Å². The number of β-lactam (4-membered cyclic amide) rings is 1. The Morgan fingerprint density at radius 2 is 1.64 bits per heavy atom. The fourth-order valence-corrected chi connectivity index (χ4v) is 6.94. The van der Waals surface area contributed by atoms with E-state index in [0.29, 0.717) is 5.57 Å². The van der Waals surface area contributed by atoms with Crippen LogP contribution in [0.15, 0.2) is 22.6 Å². The molecule has 0 radical (unpaired) electrons. The zero-order valence-corrected chi connectivity index (χ0v) is 35.8. The number of hydrogen-bond donors (Lipinski definition) is 6. The van der Waals surface area contributed by atoms with Gasteiger partial charge in [0.15, 0.2) is 23.2 Å². The van der Waals surface area contributed by atoms with Crippen molar-refractivity contribution in [1.82, 2.24) is 34.9 Å². The van der Waals surface area contributed by atoms with Gasteiger partial charge < -0.3 is 46.5 Å². The van der Waals surface area contributed by atoms with E-state index in [4.69, 9.17) is 30.5 Å². The third-order valence-corrected chi connectivity index (χ3v) is 9.74. The molecule has 1 saturated heterocycles. The minimum absolute atomic E-state index is 0.000586. The van der Waals surface area contributed by atoms with Crippen LogP contribution in [0.2, 0.25) is 0 Å². The van der Waals surface area contributed by atoms with Crippen molar-refractivity contribution in [2.45, 2.75) is 97.1 Å². The summed E-state index contributed by atoms with van der Waals surface area (Å²) in [6.45, 7) is 14.1. The van der Waals surface area contributed by atoms with E-state index in [1.54, 1.807) is 53.3 Å². The molecule has 0 unspecified atom stereocenters. The summed E-state index contributed by atoms with van der Waals surface area (Å²) in [6.07, 6.45) is 0.863. The lowest BCUT2D eigenvalue weighted by molar-refractivity contribution is -0.765. The number of nitrogens with two attached hydrogens (primary N) is 2. The Bertz CT molecular complexity index is 2080. The van der Waals surface area contributed by atoms with Gasteiger partial charge in [-0.05, 0) is 55.4 Å². The van der Waals surface area contributed by atoms with E-state index in [0.717, 1.165) is 23.4 Å². The van der Waals surface area contributed by atoms with E-state index in [9.17, 15) is 33.6 Å². The van der Waals surface area contributed by atoms with Crippen molar-refractivity contribution >= 4 is 87.5 Å². The summed E-state index contributed by atoms with van der Waals surface area (Å²) >= 11 is 1.97. The van der Waals surface area contributed by atoms with E-state index in [1.807, 2.05) is 0 Å². The predicted octanol–water partition coefficient (Wildman–Crippen LogP) is 0.260. The van der Waals surface area contributed by atoms with Crippen LogP contribution < -0.4 is 37.4 Å². The lowest BCUT2D eigenvalue weighted by Crippen LogP contribution is -2.71. The maximum atomic E-state index is 13.8. The minimum atomic E-state index is -1.66. The van der Waals surface area contributed by atoms with Gasteiger partial charge in [-0.2, -0.15) is 9.36 Å². The van der Waals surface area contributed by atoms with Crippen LogP contribution in [-0.2, 0) is 56.6 Å². The van der Waals surface area contributed by atoms with E-state index in [-0.39, 0.29) is 53.5 Å². The number of nitrogens with zero attached hydrogens (tertiary/aromatic N) is 6. The van der Waals surface area contributed by atoms with E-state index < -0.39 is 75.8 Å². The largest absolute Gasteiger partial charge is 0.457 e. The first-order chi connectivity index (χ1) is 27.3. The smallest absolute Gasteiger partial charge is 0.407 e. The molecule has 2 aromatic rings. The summed E-state index contributed by atoms with van der Waals surface area (Å²) in [6, 6.07) is -1.83. The zero-order chi connectivity index (χ0) is 44.2. The van der Waals surface area contributed by atoms with Crippen LogP contribution in [0.25, 0.3) is 0 Å². The topological polar surface area (TPSA) is 307 Å². The number of esters is 3. The molecule has 23 nitrogen and oxygen atoms in total. The molecule has 8 N–H and O–H groups in total. The molecule has 2 aromatic heterocycles. The third-order valence-electron chi connectivity index (χ3n) is 7.86. The highest BCUT2D eigenvalue weighted by Gasteiger charge is 2.55. The summed E-state index contributed by atoms with van der Waals surface area (Å²) in [7, 11) is 1.60. The van der Waals surface area contributed by atoms with Gasteiger partial charge in [-0.15, -0.1) is 21.1 Å². The molecule has 0 bridgehead atoms. The van der Waals surface area contributed by atoms with Crippen LogP contribution in [0.1, 0.15) is 68.1 Å². The van der Waals surface area contributed by atoms with Gasteiger partial charge in [-0.1, -0.05) is 5.16 Å². The quantitative estimate of drug-likeness (QED) is 0.0230. The summed E-state index contributed by atoms with van der Waals surface area (Å²) in [5, 5.41) is 13.4. The van der Waals surface area contributed by atoms with Gasteiger partial charge >= 0.3 is 30.0 Å². The predicted molar refractivity (Wildman–Crippen MR) is 212 cm³/mol. The molecule has 59 heavy (non-hydrogen) atoms. The second kappa shape index (κ2) is 17.9. The molecule has 0 aliphatic carbocycles. The number of aromatic nitrogens is 4. The van der Waals surface area contributed by atoms with Gasteiger partial charge in [-0.25, -0.2) is 19.2 Å². The Morgan fingerprint density at radius 1 is 1.00 bits per heavy atom. The molecule has 322 valence electrons. The van der Waals surface area contributed by atoms with E-state index >= 15 is 0 Å². The average molecular weight is 866 g/mol. The molecule has 4 heterocycles. The van der Waals surface area contributed by atoms with Gasteiger partial charge in [0.2, 0.25) is 23.3 Å². The van der Waals surface area contributed by atoms with Crippen molar-refractivity contribution in [1.29, 1.82) is 0 Å². The molecule has 2 atom stereocenters. The molecule has 25 heteroatoms. The molecule has 2 aliphatic rings. The van der Waals surface area contributed by atoms with Gasteiger partial charge in [0, 0.05) is 42.9 Å². The lowest BCUT2D eigenvalue weighted by Gasteiger charge is -2.49. The number of thioether (sulfide) groups is 1. The second-order valence-electron chi connectivity index (χ2n) is 15.6. The van der Waals surface area contributed by atoms with Crippen LogP contribution in [0.4, 0.5) is 26.2 Å². The number of carbonyl (C=O) groups excluding carboxylic acids is 7. The highest BCUT2D eigenvalue weighted by atomic mass is 32.2. The van der Waals surface area contributed by atoms with E-state index in [2.05, 4.69) is 35.8 Å². The number of anilines is 3. The summed E-state index contributed by atoms with van der Waals surface area (Å²) in [4.78, 5) is 101. The molecule has 4 rings (SSSR count). The van der Waals surface area contributed by atoms with Crippen LogP contribution in [-0.4, -0.2) is 114 Å². The number of oxime groups is 1. The first-order valence-corrected chi connectivity index (χ1v) is 19.8. The molecule has 5 amide bonds. The number of fused-ring (bicyclic) bond motifs is 1. The Balaban J connectivity index is 1.51. The number of ether oxygens (including phenoxy) is 3. The maximum Gasteiger partial charge on any atom is 0.407 e. The SMILES string of the molecule is CC(=O)OC(=O)C1=C(C[n+]2cc(NC(=O)NCCNC(=O)OC(C)(C)C)c(N)n2C)CS[C@@H]2[C@H](NC(=O)/C(=N\OC(C)(C)C(=O)OC(C)(C)C)c3nsc(N)n3)C(=O)N12. The number of nitrogen functional groups attached to an aromatic ring is 2.